The zero-order valence-corrected chi connectivity index (χ0v) is 18.3. The SMILES string of the molecule is CC1(C)CC(=O)C2=C(C1)OC(N)=C(S(=O)(=O)c1ccccc1)C2c1ccccc1Cl. The summed E-state index contributed by atoms with van der Waals surface area (Å²) in [6.45, 7) is 3.94. The van der Waals surface area contributed by atoms with Crippen molar-refractivity contribution in [2.45, 2.75) is 37.5 Å². The zero-order valence-electron chi connectivity index (χ0n) is 16.7. The molecule has 0 aromatic heterocycles. The summed E-state index contributed by atoms with van der Waals surface area (Å²) in [7, 11) is -4.04. The molecule has 2 N–H and O–H groups in total. The van der Waals surface area contributed by atoms with Gasteiger partial charge in [-0.05, 0) is 29.2 Å². The van der Waals surface area contributed by atoms with Crippen LogP contribution in [-0.4, -0.2) is 14.2 Å². The Morgan fingerprint density at radius 3 is 2.33 bits per heavy atom. The molecule has 4 rings (SSSR count). The van der Waals surface area contributed by atoms with Crippen LogP contribution < -0.4 is 5.73 Å². The molecule has 1 atom stereocenters. The average molecular weight is 444 g/mol. The van der Waals surface area contributed by atoms with Gasteiger partial charge in [0.05, 0.1) is 10.8 Å². The largest absolute Gasteiger partial charge is 0.444 e. The van der Waals surface area contributed by atoms with E-state index in [0.717, 1.165) is 0 Å². The topological polar surface area (TPSA) is 86.5 Å². The number of Topliss-reactive ketones (excluding diaryl/α,β-unsaturated/α-hetero) is 1. The normalized spacial score (nSPS) is 21.3. The van der Waals surface area contributed by atoms with Crippen LogP contribution >= 0.6 is 11.6 Å². The van der Waals surface area contributed by atoms with Gasteiger partial charge in [0, 0.05) is 23.4 Å². The Labute approximate surface area is 181 Å². The van der Waals surface area contributed by atoms with Crippen LogP contribution in [0.3, 0.4) is 0 Å². The molecule has 0 bridgehead atoms. The third-order valence-electron chi connectivity index (χ3n) is 5.47. The molecule has 1 unspecified atom stereocenters. The Morgan fingerprint density at radius 2 is 1.67 bits per heavy atom. The number of ether oxygens (including phenoxy) is 1. The summed E-state index contributed by atoms with van der Waals surface area (Å²) in [5.74, 6) is -0.866. The number of allylic oxidation sites excluding steroid dienone is 3. The lowest BCUT2D eigenvalue weighted by Gasteiger charge is -2.38. The van der Waals surface area contributed by atoms with E-state index in [1.807, 2.05) is 13.8 Å². The molecule has 0 saturated heterocycles. The van der Waals surface area contributed by atoms with E-state index >= 15 is 0 Å². The third kappa shape index (κ3) is 3.44. The van der Waals surface area contributed by atoms with Crippen LogP contribution in [-0.2, 0) is 19.4 Å². The predicted octanol–water partition coefficient (Wildman–Crippen LogP) is 4.70. The molecule has 156 valence electrons. The van der Waals surface area contributed by atoms with Gasteiger partial charge in [0.25, 0.3) is 0 Å². The minimum atomic E-state index is -4.04. The number of rotatable bonds is 3. The lowest BCUT2D eigenvalue weighted by molar-refractivity contribution is -0.119. The molecule has 1 aliphatic carbocycles. The van der Waals surface area contributed by atoms with Crippen molar-refractivity contribution in [3.8, 4) is 0 Å². The van der Waals surface area contributed by atoms with Crippen LogP contribution in [0.2, 0.25) is 5.02 Å². The molecule has 0 spiro atoms. The fraction of sp³-hybridized carbons (Fsp3) is 0.261. The number of sulfone groups is 1. The van der Waals surface area contributed by atoms with E-state index in [1.165, 1.54) is 12.1 Å². The van der Waals surface area contributed by atoms with E-state index in [1.54, 1.807) is 42.5 Å². The van der Waals surface area contributed by atoms with Crippen molar-refractivity contribution in [2.75, 3.05) is 0 Å². The highest BCUT2D eigenvalue weighted by Gasteiger charge is 2.47. The summed E-state index contributed by atoms with van der Waals surface area (Å²) in [6.07, 6.45) is 0.767. The highest BCUT2D eigenvalue weighted by Crippen LogP contribution is 2.51. The second kappa shape index (κ2) is 7.29. The Balaban J connectivity index is 1.99. The molecule has 1 aliphatic heterocycles. The lowest BCUT2D eigenvalue weighted by Crippen LogP contribution is -2.35. The predicted molar refractivity (Wildman–Crippen MR) is 115 cm³/mol. The molecule has 7 heteroatoms. The van der Waals surface area contributed by atoms with Crippen LogP contribution in [0.15, 0.2) is 81.6 Å². The van der Waals surface area contributed by atoms with Crippen molar-refractivity contribution in [1.82, 2.24) is 0 Å². The highest BCUT2D eigenvalue weighted by molar-refractivity contribution is 7.95. The van der Waals surface area contributed by atoms with E-state index in [0.29, 0.717) is 28.3 Å². The van der Waals surface area contributed by atoms with Gasteiger partial charge in [-0.2, -0.15) is 0 Å². The molecular weight excluding hydrogens is 422 g/mol. The first kappa shape index (κ1) is 20.7. The van der Waals surface area contributed by atoms with E-state index in [2.05, 4.69) is 0 Å². The zero-order chi connectivity index (χ0) is 21.7. The monoisotopic (exact) mass is 443 g/mol. The van der Waals surface area contributed by atoms with E-state index < -0.39 is 15.8 Å². The van der Waals surface area contributed by atoms with Gasteiger partial charge in [0.15, 0.2) is 5.78 Å². The van der Waals surface area contributed by atoms with E-state index in [9.17, 15) is 13.2 Å². The number of nitrogens with two attached hydrogens (primary N) is 1. The average Bonchev–Trinajstić information content (AvgIpc) is 2.66. The molecular formula is C23H22ClNO4S. The second-order valence-electron chi connectivity index (χ2n) is 8.38. The van der Waals surface area contributed by atoms with Gasteiger partial charge in [-0.15, -0.1) is 0 Å². The Morgan fingerprint density at radius 1 is 1.03 bits per heavy atom. The molecule has 0 saturated carbocycles. The first-order valence-electron chi connectivity index (χ1n) is 9.60. The fourth-order valence-corrected chi connectivity index (χ4v) is 6.04. The summed E-state index contributed by atoms with van der Waals surface area (Å²) in [6, 6.07) is 14.9. The Kier molecular flexibility index (Phi) is 5.03. The van der Waals surface area contributed by atoms with Gasteiger partial charge >= 0.3 is 0 Å². The number of carbonyl (C=O) groups excluding carboxylic acids is 1. The summed E-state index contributed by atoms with van der Waals surface area (Å²) in [5, 5.41) is 0.363. The summed E-state index contributed by atoms with van der Waals surface area (Å²) >= 11 is 6.47. The molecule has 30 heavy (non-hydrogen) atoms. The molecule has 0 fully saturated rings. The number of benzene rings is 2. The van der Waals surface area contributed by atoms with Crippen molar-refractivity contribution in [2.24, 2.45) is 11.1 Å². The van der Waals surface area contributed by atoms with Gasteiger partial charge in [-0.3, -0.25) is 4.79 Å². The molecule has 0 radical (unpaired) electrons. The maximum absolute atomic E-state index is 13.6. The van der Waals surface area contributed by atoms with Crippen molar-refractivity contribution in [1.29, 1.82) is 0 Å². The number of carbonyl (C=O) groups is 1. The minimum Gasteiger partial charge on any atom is -0.444 e. The quantitative estimate of drug-likeness (QED) is 0.743. The van der Waals surface area contributed by atoms with E-state index in [4.69, 9.17) is 22.1 Å². The summed E-state index contributed by atoms with van der Waals surface area (Å²) < 4.78 is 33.0. The highest BCUT2D eigenvalue weighted by atomic mass is 35.5. The molecule has 2 aromatic rings. The van der Waals surface area contributed by atoms with Gasteiger partial charge in [0.1, 0.15) is 10.7 Å². The maximum atomic E-state index is 13.6. The van der Waals surface area contributed by atoms with Crippen LogP contribution in [0.5, 0.6) is 0 Å². The molecule has 0 amide bonds. The molecule has 2 aliphatic rings. The van der Waals surface area contributed by atoms with Gasteiger partial charge in [-0.25, -0.2) is 8.42 Å². The number of halogens is 1. The second-order valence-corrected chi connectivity index (χ2v) is 10.7. The smallest absolute Gasteiger partial charge is 0.208 e. The van der Waals surface area contributed by atoms with Crippen LogP contribution in [0.25, 0.3) is 0 Å². The minimum absolute atomic E-state index is 0.0799. The summed E-state index contributed by atoms with van der Waals surface area (Å²) in [4.78, 5) is 13.2. The van der Waals surface area contributed by atoms with Crippen molar-refractivity contribution in [3.63, 3.8) is 0 Å². The summed E-state index contributed by atoms with van der Waals surface area (Å²) in [5.41, 5.74) is 6.74. The molecule has 5 nitrogen and oxygen atoms in total. The van der Waals surface area contributed by atoms with Crippen molar-refractivity contribution >= 4 is 27.2 Å². The van der Waals surface area contributed by atoms with E-state index in [-0.39, 0.29) is 33.3 Å². The molecule has 2 aromatic carbocycles. The van der Waals surface area contributed by atoms with Crippen molar-refractivity contribution in [3.05, 3.63) is 87.3 Å². The van der Waals surface area contributed by atoms with Gasteiger partial charge in [0.2, 0.25) is 15.7 Å². The van der Waals surface area contributed by atoms with Crippen molar-refractivity contribution < 1.29 is 17.9 Å². The number of hydrogen-bond donors (Lipinski definition) is 1. The first-order chi connectivity index (χ1) is 14.1. The molecule has 1 heterocycles. The van der Waals surface area contributed by atoms with Crippen LogP contribution in [0.4, 0.5) is 0 Å². The fourth-order valence-electron chi connectivity index (χ4n) is 4.17. The first-order valence-corrected chi connectivity index (χ1v) is 11.5. The number of ketones is 1. The maximum Gasteiger partial charge on any atom is 0.208 e. The Hall–Kier alpha value is -2.57. The standard InChI is InChI=1S/C23H22ClNO4S/c1-23(2)12-17(26)20-18(13-23)29-22(25)21(19(20)15-10-6-7-11-16(15)24)30(27,28)14-8-4-3-5-9-14/h3-11,19H,12-13,25H2,1-2H3. The third-order valence-corrected chi connectivity index (χ3v) is 7.72. The number of hydrogen-bond acceptors (Lipinski definition) is 5. The lowest BCUT2D eigenvalue weighted by atomic mass is 9.72. The van der Waals surface area contributed by atoms with Crippen LogP contribution in [0.1, 0.15) is 38.2 Å². The Bertz CT molecular complexity index is 1200. The van der Waals surface area contributed by atoms with Crippen LogP contribution in [0, 0.1) is 5.41 Å². The van der Waals surface area contributed by atoms with Gasteiger partial charge in [-0.1, -0.05) is 61.8 Å². The van der Waals surface area contributed by atoms with Gasteiger partial charge < -0.3 is 10.5 Å².